The fourth-order valence-electron chi connectivity index (χ4n) is 3.41. The molecule has 1 fully saturated rings. The van der Waals surface area contributed by atoms with Crippen LogP contribution < -0.4 is 10.5 Å². The fraction of sp³-hybridized carbons (Fsp3) is 0.300. The number of aromatic nitrogens is 2. The maximum atomic E-state index is 13.4. The van der Waals surface area contributed by atoms with Gasteiger partial charge in [-0.1, -0.05) is 35.9 Å². The van der Waals surface area contributed by atoms with E-state index in [0.717, 1.165) is 37.4 Å². The zero-order chi connectivity index (χ0) is 18.3. The molecular formula is C20H21ClN4O. The van der Waals surface area contributed by atoms with Gasteiger partial charge in [0.05, 0.1) is 21.6 Å². The van der Waals surface area contributed by atoms with Gasteiger partial charge in [0.25, 0.3) is 5.56 Å². The largest absolute Gasteiger partial charge is 0.339 e. The number of nitrogens with zero attached hydrogens (tertiary/aromatic N) is 4. The van der Waals surface area contributed by atoms with Gasteiger partial charge in [0.15, 0.2) is 0 Å². The normalized spacial score (nSPS) is 15.6. The van der Waals surface area contributed by atoms with Crippen LogP contribution in [-0.2, 0) is 0 Å². The van der Waals surface area contributed by atoms with Crippen molar-refractivity contribution in [2.24, 2.45) is 0 Å². The highest BCUT2D eigenvalue weighted by Crippen LogP contribution is 2.25. The van der Waals surface area contributed by atoms with Gasteiger partial charge < -0.3 is 9.80 Å². The Labute approximate surface area is 157 Å². The first kappa shape index (κ1) is 17.1. The van der Waals surface area contributed by atoms with Gasteiger partial charge in [-0.2, -0.15) is 0 Å². The number of aryl methyl sites for hydroxylation is 1. The van der Waals surface area contributed by atoms with Crippen molar-refractivity contribution in [2.75, 3.05) is 38.1 Å². The van der Waals surface area contributed by atoms with Gasteiger partial charge in [-0.05, 0) is 37.7 Å². The van der Waals surface area contributed by atoms with Gasteiger partial charge in [0, 0.05) is 26.2 Å². The van der Waals surface area contributed by atoms with Crippen LogP contribution in [0.2, 0.25) is 5.02 Å². The summed E-state index contributed by atoms with van der Waals surface area (Å²) in [6.07, 6.45) is 0. The SMILES string of the molecule is Cc1ccccc1-n1c(N2CCN(C)CC2)nc2c(Cl)cccc2c1=O. The quantitative estimate of drug-likeness (QED) is 0.697. The molecule has 3 aromatic rings. The average molecular weight is 369 g/mol. The summed E-state index contributed by atoms with van der Waals surface area (Å²) in [5.41, 5.74) is 2.38. The number of hydrogen-bond acceptors (Lipinski definition) is 4. The molecule has 0 amide bonds. The maximum Gasteiger partial charge on any atom is 0.267 e. The molecule has 4 rings (SSSR count). The standard InChI is InChI=1S/C20H21ClN4O/c1-14-6-3-4-9-17(14)25-19(26)15-7-5-8-16(21)18(15)22-20(25)24-12-10-23(2)11-13-24/h3-9H,10-13H2,1-2H3. The van der Waals surface area contributed by atoms with E-state index in [1.165, 1.54) is 0 Å². The molecule has 5 nitrogen and oxygen atoms in total. The summed E-state index contributed by atoms with van der Waals surface area (Å²) in [4.78, 5) is 22.7. The molecule has 1 saturated heterocycles. The molecule has 0 atom stereocenters. The lowest BCUT2D eigenvalue weighted by molar-refractivity contribution is 0.310. The van der Waals surface area contributed by atoms with Gasteiger partial charge in [0.1, 0.15) is 0 Å². The number of anilines is 1. The van der Waals surface area contributed by atoms with E-state index in [2.05, 4.69) is 16.8 Å². The Balaban J connectivity index is 2.02. The second kappa shape index (κ2) is 6.74. The van der Waals surface area contributed by atoms with Crippen LogP contribution in [0.25, 0.3) is 16.6 Å². The molecule has 0 saturated carbocycles. The Bertz CT molecular complexity index is 1020. The molecule has 26 heavy (non-hydrogen) atoms. The zero-order valence-electron chi connectivity index (χ0n) is 14.9. The van der Waals surface area contributed by atoms with Crippen molar-refractivity contribution >= 4 is 28.5 Å². The van der Waals surface area contributed by atoms with E-state index < -0.39 is 0 Å². The third-order valence-corrected chi connectivity index (χ3v) is 5.28. The summed E-state index contributed by atoms with van der Waals surface area (Å²) in [7, 11) is 2.11. The summed E-state index contributed by atoms with van der Waals surface area (Å²) in [5, 5.41) is 1.05. The van der Waals surface area contributed by atoms with Crippen LogP contribution in [0.4, 0.5) is 5.95 Å². The first-order valence-corrected chi connectivity index (χ1v) is 9.15. The Morgan fingerprint density at radius 3 is 2.46 bits per heavy atom. The minimum Gasteiger partial charge on any atom is -0.339 e. The maximum absolute atomic E-state index is 13.4. The topological polar surface area (TPSA) is 41.4 Å². The number of fused-ring (bicyclic) bond motifs is 1. The number of para-hydroxylation sites is 2. The van der Waals surface area contributed by atoms with Crippen molar-refractivity contribution in [1.82, 2.24) is 14.5 Å². The van der Waals surface area contributed by atoms with E-state index in [4.69, 9.17) is 16.6 Å². The minimum atomic E-state index is -0.0827. The van der Waals surface area contributed by atoms with Crippen molar-refractivity contribution in [3.8, 4) is 5.69 Å². The van der Waals surface area contributed by atoms with Crippen LogP contribution in [0.5, 0.6) is 0 Å². The van der Waals surface area contributed by atoms with Crippen molar-refractivity contribution in [1.29, 1.82) is 0 Å². The first-order chi connectivity index (χ1) is 12.6. The summed E-state index contributed by atoms with van der Waals surface area (Å²) in [6.45, 7) is 5.53. The molecule has 0 unspecified atom stereocenters. The van der Waals surface area contributed by atoms with Crippen molar-refractivity contribution in [3.63, 3.8) is 0 Å². The van der Waals surface area contributed by atoms with Crippen LogP contribution in [0.1, 0.15) is 5.56 Å². The molecule has 0 aliphatic carbocycles. The van der Waals surface area contributed by atoms with Crippen molar-refractivity contribution in [2.45, 2.75) is 6.92 Å². The molecule has 134 valence electrons. The molecule has 0 N–H and O–H groups in total. The second-order valence-electron chi connectivity index (χ2n) is 6.77. The highest BCUT2D eigenvalue weighted by atomic mass is 35.5. The lowest BCUT2D eigenvalue weighted by atomic mass is 10.2. The summed E-state index contributed by atoms with van der Waals surface area (Å²) < 4.78 is 1.74. The molecular weight excluding hydrogens is 348 g/mol. The van der Waals surface area contributed by atoms with Gasteiger partial charge in [-0.15, -0.1) is 0 Å². The fourth-order valence-corrected chi connectivity index (χ4v) is 3.63. The number of likely N-dealkylation sites (N-methyl/N-ethyl adjacent to an activating group) is 1. The van der Waals surface area contributed by atoms with Gasteiger partial charge in [0.2, 0.25) is 5.95 Å². The molecule has 1 aliphatic rings. The molecule has 2 heterocycles. The summed E-state index contributed by atoms with van der Waals surface area (Å²) in [5.74, 6) is 0.665. The van der Waals surface area contributed by atoms with Crippen LogP contribution >= 0.6 is 11.6 Å². The van der Waals surface area contributed by atoms with Gasteiger partial charge in [-0.25, -0.2) is 9.55 Å². The molecule has 0 spiro atoms. The number of piperazine rings is 1. The minimum absolute atomic E-state index is 0.0827. The third kappa shape index (κ3) is 2.87. The van der Waals surface area contributed by atoms with E-state index in [0.29, 0.717) is 21.9 Å². The molecule has 1 aliphatic heterocycles. The van der Waals surface area contributed by atoms with Crippen molar-refractivity contribution < 1.29 is 0 Å². The van der Waals surface area contributed by atoms with Gasteiger partial charge in [-0.3, -0.25) is 4.79 Å². The smallest absolute Gasteiger partial charge is 0.267 e. The van der Waals surface area contributed by atoms with Crippen LogP contribution in [0.3, 0.4) is 0 Å². The van der Waals surface area contributed by atoms with E-state index in [9.17, 15) is 4.79 Å². The third-order valence-electron chi connectivity index (χ3n) is 4.97. The molecule has 2 aromatic carbocycles. The molecule has 0 bridgehead atoms. The monoisotopic (exact) mass is 368 g/mol. The molecule has 1 aromatic heterocycles. The van der Waals surface area contributed by atoms with Gasteiger partial charge >= 0.3 is 0 Å². The molecule has 6 heteroatoms. The van der Waals surface area contributed by atoms with Crippen LogP contribution in [0.15, 0.2) is 47.3 Å². The Morgan fingerprint density at radius 1 is 1.00 bits per heavy atom. The highest BCUT2D eigenvalue weighted by Gasteiger charge is 2.22. The van der Waals surface area contributed by atoms with Crippen LogP contribution in [0, 0.1) is 6.92 Å². The first-order valence-electron chi connectivity index (χ1n) is 8.77. The molecule has 0 radical (unpaired) electrons. The number of halogens is 1. The van der Waals surface area contributed by atoms with Crippen LogP contribution in [-0.4, -0.2) is 47.7 Å². The number of hydrogen-bond donors (Lipinski definition) is 0. The Kier molecular flexibility index (Phi) is 4.42. The second-order valence-corrected chi connectivity index (χ2v) is 7.17. The lowest BCUT2D eigenvalue weighted by Crippen LogP contribution is -2.46. The van der Waals surface area contributed by atoms with E-state index >= 15 is 0 Å². The Morgan fingerprint density at radius 2 is 1.73 bits per heavy atom. The van der Waals surface area contributed by atoms with E-state index in [1.54, 1.807) is 22.8 Å². The zero-order valence-corrected chi connectivity index (χ0v) is 15.7. The number of benzene rings is 2. The summed E-state index contributed by atoms with van der Waals surface area (Å²) >= 11 is 6.36. The van der Waals surface area contributed by atoms with Crippen molar-refractivity contribution in [3.05, 3.63) is 63.4 Å². The highest BCUT2D eigenvalue weighted by molar-refractivity contribution is 6.35. The predicted octanol–water partition coefficient (Wildman–Crippen LogP) is 3.10. The summed E-state index contributed by atoms with van der Waals surface area (Å²) in [6, 6.07) is 13.3. The predicted molar refractivity (Wildman–Crippen MR) is 107 cm³/mol. The van der Waals surface area contributed by atoms with E-state index in [-0.39, 0.29) is 5.56 Å². The lowest BCUT2D eigenvalue weighted by Gasteiger charge is -2.34. The average Bonchev–Trinajstić information content (AvgIpc) is 2.64. The van der Waals surface area contributed by atoms with E-state index in [1.807, 2.05) is 31.2 Å². The Hall–Kier alpha value is -2.37. The number of rotatable bonds is 2.